The van der Waals surface area contributed by atoms with Gasteiger partial charge in [0, 0.05) is 0 Å². The van der Waals surface area contributed by atoms with Crippen molar-refractivity contribution < 1.29 is 14.6 Å². The van der Waals surface area contributed by atoms with E-state index in [0.29, 0.717) is 18.1 Å². The molecule has 0 aliphatic rings. The van der Waals surface area contributed by atoms with Crippen molar-refractivity contribution in [3.63, 3.8) is 0 Å². The Morgan fingerprint density at radius 1 is 1.28 bits per heavy atom. The number of rotatable bonds is 6. The lowest BCUT2D eigenvalue weighted by atomic mass is 10.1. The largest absolute Gasteiger partial charge is 0.493 e. The Morgan fingerprint density at radius 3 is 2.28 bits per heavy atom. The van der Waals surface area contributed by atoms with Crippen LogP contribution < -0.4 is 4.74 Å². The second-order valence-corrected chi connectivity index (χ2v) is 5.13. The molecular formula is C15H22O3. The third-order valence-corrected chi connectivity index (χ3v) is 2.88. The van der Waals surface area contributed by atoms with Crippen molar-refractivity contribution in [2.45, 2.75) is 40.5 Å². The summed E-state index contributed by atoms with van der Waals surface area (Å²) in [4.78, 5) is 10.9. The molecule has 0 aromatic heterocycles. The van der Waals surface area contributed by atoms with E-state index in [1.165, 1.54) is 0 Å². The SMILES string of the molecule is Cc1cc(C(=O)O)cc(C)c1OCCCC(C)C. The van der Waals surface area contributed by atoms with E-state index < -0.39 is 5.97 Å². The topological polar surface area (TPSA) is 46.5 Å². The number of aryl methyl sites for hydroxylation is 2. The molecule has 0 saturated heterocycles. The average Bonchev–Trinajstić information content (AvgIpc) is 2.26. The molecule has 1 rings (SSSR count). The first-order valence-electron chi connectivity index (χ1n) is 6.39. The molecule has 3 heteroatoms. The minimum Gasteiger partial charge on any atom is -0.493 e. The van der Waals surface area contributed by atoms with Crippen molar-refractivity contribution in [2.24, 2.45) is 5.92 Å². The molecule has 0 spiro atoms. The van der Waals surface area contributed by atoms with Gasteiger partial charge in [0.1, 0.15) is 5.75 Å². The highest BCUT2D eigenvalue weighted by atomic mass is 16.5. The van der Waals surface area contributed by atoms with E-state index >= 15 is 0 Å². The lowest BCUT2D eigenvalue weighted by Gasteiger charge is -2.13. The minimum absolute atomic E-state index is 0.319. The van der Waals surface area contributed by atoms with Gasteiger partial charge in [0.15, 0.2) is 0 Å². The Morgan fingerprint density at radius 2 is 1.83 bits per heavy atom. The summed E-state index contributed by atoms with van der Waals surface area (Å²) in [5.74, 6) is 0.612. The fraction of sp³-hybridized carbons (Fsp3) is 0.533. The van der Waals surface area contributed by atoms with Crippen LogP contribution in [0, 0.1) is 19.8 Å². The summed E-state index contributed by atoms with van der Waals surface area (Å²) >= 11 is 0. The lowest BCUT2D eigenvalue weighted by Crippen LogP contribution is -2.04. The zero-order chi connectivity index (χ0) is 13.7. The zero-order valence-electron chi connectivity index (χ0n) is 11.6. The van der Waals surface area contributed by atoms with Crippen LogP contribution in [0.1, 0.15) is 48.2 Å². The van der Waals surface area contributed by atoms with E-state index in [2.05, 4.69) is 13.8 Å². The van der Waals surface area contributed by atoms with Crippen LogP contribution in [0.25, 0.3) is 0 Å². The molecule has 0 atom stereocenters. The maximum absolute atomic E-state index is 10.9. The quantitative estimate of drug-likeness (QED) is 0.781. The van der Waals surface area contributed by atoms with Gasteiger partial charge in [0.05, 0.1) is 12.2 Å². The maximum atomic E-state index is 10.9. The minimum atomic E-state index is -0.896. The van der Waals surface area contributed by atoms with Crippen molar-refractivity contribution >= 4 is 5.97 Å². The summed E-state index contributed by atoms with van der Waals surface area (Å²) in [5.41, 5.74) is 2.09. The number of carboxylic acids is 1. The van der Waals surface area contributed by atoms with Gasteiger partial charge in [-0.25, -0.2) is 4.79 Å². The molecule has 0 fully saturated rings. The standard InChI is InChI=1S/C15H22O3/c1-10(2)6-5-7-18-14-11(3)8-13(15(16)17)9-12(14)4/h8-10H,5-7H2,1-4H3,(H,16,17). The van der Waals surface area contributed by atoms with Crippen LogP contribution in [0.4, 0.5) is 0 Å². The Labute approximate surface area is 109 Å². The van der Waals surface area contributed by atoms with E-state index in [-0.39, 0.29) is 0 Å². The average molecular weight is 250 g/mol. The van der Waals surface area contributed by atoms with E-state index in [1.807, 2.05) is 13.8 Å². The van der Waals surface area contributed by atoms with Gasteiger partial charge in [0.25, 0.3) is 0 Å². The molecule has 0 aliphatic carbocycles. The molecule has 3 nitrogen and oxygen atoms in total. The molecule has 0 heterocycles. The number of carbonyl (C=O) groups is 1. The molecular weight excluding hydrogens is 228 g/mol. The molecule has 0 unspecified atom stereocenters. The summed E-state index contributed by atoms with van der Waals surface area (Å²) in [6.07, 6.45) is 2.17. The predicted octanol–water partition coefficient (Wildman–Crippen LogP) is 3.82. The highest BCUT2D eigenvalue weighted by Gasteiger charge is 2.10. The fourth-order valence-corrected chi connectivity index (χ4v) is 1.97. The first kappa shape index (κ1) is 14.6. The van der Waals surface area contributed by atoms with Gasteiger partial charge in [-0.05, 0) is 55.9 Å². The van der Waals surface area contributed by atoms with Crippen LogP contribution in [0.3, 0.4) is 0 Å². The molecule has 1 aromatic carbocycles. The molecule has 0 amide bonds. The predicted molar refractivity (Wildman–Crippen MR) is 72.4 cm³/mol. The van der Waals surface area contributed by atoms with Crippen molar-refractivity contribution in [3.8, 4) is 5.75 Å². The van der Waals surface area contributed by atoms with Crippen LogP contribution in [0.15, 0.2) is 12.1 Å². The number of benzene rings is 1. The summed E-state index contributed by atoms with van der Waals surface area (Å²) in [6.45, 7) is 8.84. The molecule has 0 aliphatic heterocycles. The molecule has 1 N–H and O–H groups in total. The van der Waals surface area contributed by atoms with E-state index in [4.69, 9.17) is 9.84 Å². The Kier molecular flexibility index (Phi) is 5.20. The van der Waals surface area contributed by atoms with Gasteiger partial charge in [0.2, 0.25) is 0 Å². The van der Waals surface area contributed by atoms with Crippen LogP contribution in [0.5, 0.6) is 5.75 Å². The van der Waals surface area contributed by atoms with E-state index in [0.717, 1.165) is 29.7 Å². The van der Waals surface area contributed by atoms with Gasteiger partial charge in [-0.2, -0.15) is 0 Å². The van der Waals surface area contributed by atoms with Crippen molar-refractivity contribution in [1.29, 1.82) is 0 Å². The molecule has 0 bridgehead atoms. The smallest absolute Gasteiger partial charge is 0.335 e. The van der Waals surface area contributed by atoms with Crippen LogP contribution in [-0.4, -0.2) is 17.7 Å². The molecule has 0 radical (unpaired) electrons. The summed E-state index contributed by atoms with van der Waals surface area (Å²) < 4.78 is 5.76. The van der Waals surface area contributed by atoms with Crippen LogP contribution in [-0.2, 0) is 0 Å². The van der Waals surface area contributed by atoms with Gasteiger partial charge in [-0.15, -0.1) is 0 Å². The van der Waals surface area contributed by atoms with E-state index in [9.17, 15) is 4.79 Å². The monoisotopic (exact) mass is 250 g/mol. The Bertz CT molecular complexity index is 399. The van der Waals surface area contributed by atoms with Gasteiger partial charge in [-0.1, -0.05) is 13.8 Å². The Hall–Kier alpha value is -1.51. The van der Waals surface area contributed by atoms with Crippen molar-refractivity contribution in [3.05, 3.63) is 28.8 Å². The van der Waals surface area contributed by atoms with Crippen molar-refractivity contribution in [2.75, 3.05) is 6.61 Å². The molecule has 0 saturated carbocycles. The molecule has 18 heavy (non-hydrogen) atoms. The first-order chi connectivity index (χ1) is 8.41. The summed E-state index contributed by atoms with van der Waals surface area (Å²) in [5, 5.41) is 8.96. The highest BCUT2D eigenvalue weighted by Crippen LogP contribution is 2.25. The summed E-state index contributed by atoms with van der Waals surface area (Å²) in [6, 6.07) is 3.32. The normalized spacial score (nSPS) is 10.7. The van der Waals surface area contributed by atoms with Crippen LogP contribution in [0.2, 0.25) is 0 Å². The molecule has 100 valence electrons. The third-order valence-electron chi connectivity index (χ3n) is 2.88. The second kappa shape index (κ2) is 6.43. The fourth-order valence-electron chi connectivity index (χ4n) is 1.97. The van der Waals surface area contributed by atoms with Gasteiger partial charge < -0.3 is 9.84 Å². The number of carboxylic acid groups (broad SMARTS) is 1. The second-order valence-electron chi connectivity index (χ2n) is 5.13. The zero-order valence-corrected chi connectivity index (χ0v) is 11.6. The lowest BCUT2D eigenvalue weighted by molar-refractivity contribution is 0.0696. The first-order valence-corrected chi connectivity index (χ1v) is 6.39. The number of aromatic carboxylic acids is 1. The third kappa shape index (κ3) is 4.06. The molecule has 1 aromatic rings. The van der Waals surface area contributed by atoms with E-state index in [1.54, 1.807) is 12.1 Å². The number of ether oxygens (including phenoxy) is 1. The highest BCUT2D eigenvalue weighted by molar-refractivity contribution is 5.88. The number of hydrogen-bond acceptors (Lipinski definition) is 2. The maximum Gasteiger partial charge on any atom is 0.335 e. The van der Waals surface area contributed by atoms with Gasteiger partial charge in [-0.3, -0.25) is 0 Å². The van der Waals surface area contributed by atoms with Crippen LogP contribution >= 0.6 is 0 Å². The summed E-state index contributed by atoms with van der Waals surface area (Å²) in [7, 11) is 0. The van der Waals surface area contributed by atoms with Gasteiger partial charge >= 0.3 is 5.97 Å². The Balaban J connectivity index is 2.69. The van der Waals surface area contributed by atoms with Crippen molar-refractivity contribution in [1.82, 2.24) is 0 Å². The number of hydrogen-bond donors (Lipinski definition) is 1.